The van der Waals surface area contributed by atoms with E-state index in [9.17, 15) is 5.26 Å². The van der Waals surface area contributed by atoms with E-state index in [1.54, 1.807) is 6.20 Å². The summed E-state index contributed by atoms with van der Waals surface area (Å²) < 4.78 is 1.09. The molecule has 21 heavy (non-hydrogen) atoms. The Labute approximate surface area is 127 Å². The van der Waals surface area contributed by atoms with Crippen molar-refractivity contribution in [1.82, 2.24) is 4.98 Å². The van der Waals surface area contributed by atoms with Crippen LogP contribution in [0.4, 0.5) is 5.69 Å². The lowest BCUT2D eigenvalue weighted by atomic mass is 10.2. The summed E-state index contributed by atoms with van der Waals surface area (Å²) in [6, 6.07) is 18.1. The third kappa shape index (κ3) is 2.78. The fourth-order valence-electron chi connectivity index (χ4n) is 2.01. The highest BCUT2D eigenvalue weighted by Crippen LogP contribution is 2.26. The Hall–Kier alpha value is -2.64. The van der Waals surface area contributed by atoms with Crippen LogP contribution in [0.25, 0.3) is 15.8 Å². The van der Waals surface area contributed by atoms with E-state index in [2.05, 4.69) is 16.4 Å². The van der Waals surface area contributed by atoms with Crippen LogP contribution >= 0.6 is 11.3 Å². The normalized spacial score (nSPS) is 11.3. The monoisotopic (exact) mass is 291 g/mol. The Morgan fingerprint density at radius 1 is 1.19 bits per heavy atom. The predicted molar refractivity (Wildman–Crippen MR) is 88.0 cm³/mol. The van der Waals surface area contributed by atoms with Gasteiger partial charge in [-0.3, -0.25) is 0 Å². The van der Waals surface area contributed by atoms with E-state index in [0.29, 0.717) is 5.57 Å². The van der Waals surface area contributed by atoms with Crippen LogP contribution in [0.5, 0.6) is 0 Å². The van der Waals surface area contributed by atoms with Crippen LogP contribution in [0.3, 0.4) is 0 Å². The van der Waals surface area contributed by atoms with Crippen molar-refractivity contribution in [2.45, 2.75) is 6.92 Å². The average Bonchev–Trinajstić information content (AvgIpc) is 2.93. The summed E-state index contributed by atoms with van der Waals surface area (Å²) in [5.41, 5.74) is 3.59. The molecule has 0 aliphatic rings. The van der Waals surface area contributed by atoms with E-state index in [1.807, 2.05) is 55.5 Å². The van der Waals surface area contributed by atoms with Crippen molar-refractivity contribution in [1.29, 1.82) is 5.26 Å². The fourth-order valence-corrected chi connectivity index (χ4v) is 2.95. The molecule has 0 atom stereocenters. The number of benzene rings is 2. The molecule has 3 aromatic rings. The van der Waals surface area contributed by atoms with E-state index in [-0.39, 0.29) is 0 Å². The van der Waals surface area contributed by atoms with Gasteiger partial charge in [-0.2, -0.15) is 5.26 Å². The minimum Gasteiger partial charge on any atom is -0.360 e. The van der Waals surface area contributed by atoms with E-state index >= 15 is 0 Å². The number of allylic oxidation sites excluding steroid dienone is 1. The zero-order valence-corrected chi connectivity index (χ0v) is 12.3. The predicted octanol–water partition coefficient (Wildman–Crippen LogP) is 4.58. The second-order valence-corrected chi connectivity index (χ2v) is 5.65. The van der Waals surface area contributed by atoms with Crippen LogP contribution in [0, 0.1) is 18.3 Å². The van der Waals surface area contributed by atoms with Gasteiger partial charge in [0.05, 0.1) is 10.2 Å². The van der Waals surface area contributed by atoms with Gasteiger partial charge in [0.1, 0.15) is 16.6 Å². The number of anilines is 1. The first-order valence-electron chi connectivity index (χ1n) is 6.56. The second kappa shape index (κ2) is 5.78. The van der Waals surface area contributed by atoms with Crippen molar-refractivity contribution >= 4 is 32.8 Å². The Bertz CT molecular complexity index is 823. The maximum absolute atomic E-state index is 9.36. The maximum atomic E-state index is 9.36. The number of fused-ring (bicyclic) bond motifs is 1. The summed E-state index contributed by atoms with van der Waals surface area (Å²) in [7, 11) is 0. The molecule has 0 unspecified atom stereocenters. The SMILES string of the molecule is Cc1ccccc1N/C=C(/C#N)c1nc2ccccc2s1. The van der Waals surface area contributed by atoms with Gasteiger partial charge in [0, 0.05) is 11.9 Å². The molecule has 0 aliphatic heterocycles. The molecule has 2 aromatic carbocycles. The van der Waals surface area contributed by atoms with Crippen molar-refractivity contribution in [3.8, 4) is 6.07 Å². The first-order chi connectivity index (χ1) is 10.3. The summed E-state index contributed by atoms with van der Waals surface area (Å²) in [6.07, 6.45) is 1.72. The van der Waals surface area contributed by atoms with Crippen molar-refractivity contribution in [2.75, 3.05) is 5.32 Å². The first kappa shape index (κ1) is 13.3. The Balaban J connectivity index is 1.93. The molecule has 102 valence electrons. The molecule has 0 saturated carbocycles. The van der Waals surface area contributed by atoms with Gasteiger partial charge in [0.25, 0.3) is 0 Å². The molecule has 0 aliphatic carbocycles. The number of hydrogen-bond acceptors (Lipinski definition) is 4. The summed E-state index contributed by atoms with van der Waals surface area (Å²) in [5, 5.41) is 13.3. The number of nitrogens with zero attached hydrogens (tertiary/aromatic N) is 2. The number of rotatable bonds is 3. The summed E-state index contributed by atoms with van der Waals surface area (Å²) in [5.74, 6) is 0. The lowest BCUT2D eigenvalue weighted by Gasteiger charge is -2.04. The largest absolute Gasteiger partial charge is 0.360 e. The fraction of sp³-hybridized carbons (Fsp3) is 0.0588. The highest BCUT2D eigenvalue weighted by Gasteiger charge is 2.08. The van der Waals surface area contributed by atoms with Crippen molar-refractivity contribution in [3.63, 3.8) is 0 Å². The molecule has 0 bridgehead atoms. The first-order valence-corrected chi connectivity index (χ1v) is 7.38. The van der Waals surface area contributed by atoms with Crippen LogP contribution in [0.2, 0.25) is 0 Å². The number of hydrogen-bond donors (Lipinski definition) is 1. The number of thiazole rings is 1. The quantitative estimate of drug-likeness (QED) is 0.718. The molecule has 3 nitrogen and oxygen atoms in total. The van der Waals surface area contributed by atoms with Gasteiger partial charge in [0.2, 0.25) is 0 Å². The van der Waals surface area contributed by atoms with E-state index in [0.717, 1.165) is 26.5 Å². The van der Waals surface area contributed by atoms with Crippen LogP contribution in [0.1, 0.15) is 10.6 Å². The van der Waals surface area contributed by atoms with Crippen LogP contribution < -0.4 is 5.32 Å². The van der Waals surface area contributed by atoms with Crippen molar-refractivity contribution in [2.24, 2.45) is 0 Å². The minimum atomic E-state index is 0.541. The average molecular weight is 291 g/mol. The molecule has 0 radical (unpaired) electrons. The van der Waals surface area contributed by atoms with E-state index in [4.69, 9.17) is 0 Å². The Morgan fingerprint density at radius 3 is 2.71 bits per heavy atom. The van der Waals surface area contributed by atoms with E-state index < -0.39 is 0 Å². The molecule has 1 N–H and O–H groups in total. The van der Waals surface area contributed by atoms with Gasteiger partial charge in [-0.15, -0.1) is 11.3 Å². The van der Waals surface area contributed by atoms with Crippen LogP contribution in [-0.2, 0) is 0 Å². The second-order valence-electron chi connectivity index (χ2n) is 4.62. The zero-order chi connectivity index (χ0) is 14.7. The molecule has 4 heteroatoms. The Kier molecular flexibility index (Phi) is 3.67. The van der Waals surface area contributed by atoms with Gasteiger partial charge in [-0.25, -0.2) is 4.98 Å². The maximum Gasteiger partial charge on any atom is 0.136 e. The highest BCUT2D eigenvalue weighted by atomic mass is 32.1. The van der Waals surface area contributed by atoms with Crippen LogP contribution in [0.15, 0.2) is 54.7 Å². The zero-order valence-electron chi connectivity index (χ0n) is 11.5. The molecule has 1 heterocycles. The topological polar surface area (TPSA) is 48.7 Å². The standard InChI is InChI=1S/C17H13N3S/c1-12-6-2-3-7-14(12)19-11-13(10-18)17-20-15-8-4-5-9-16(15)21-17/h2-9,11,19H,1H3/b13-11-. The number of aryl methyl sites for hydroxylation is 1. The molecule has 1 aromatic heterocycles. The molecular weight excluding hydrogens is 278 g/mol. The number of nitrogens with one attached hydrogen (secondary N) is 1. The highest BCUT2D eigenvalue weighted by molar-refractivity contribution is 7.19. The lowest BCUT2D eigenvalue weighted by Crippen LogP contribution is -1.92. The van der Waals surface area contributed by atoms with E-state index in [1.165, 1.54) is 11.3 Å². The molecule has 0 amide bonds. The summed E-state index contributed by atoms with van der Waals surface area (Å²) in [6.45, 7) is 2.03. The molecule has 3 rings (SSSR count). The summed E-state index contributed by atoms with van der Waals surface area (Å²) in [4.78, 5) is 4.51. The van der Waals surface area contributed by atoms with Gasteiger partial charge in [0.15, 0.2) is 0 Å². The summed E-state index contributed by atoms with van der Waals surface area (Å²) >= 11 is 1.53. The number of nitriles is 1. The van der Waals surface area contributed by atoms with Crippen LogP contribution in [-0.4, -0.2) is 4.98 Å². The molecule has 0 spiro atoms. The van der Waals surface area contributed by atoms with Gasteiger partial charge in [-0.05, 0) is 30.7 Å². The third-order valence-electron chi connectivity index (χ3n) is 3.16. The molecule has 0 saturated heterocycles. The molecule has 0 fully saturated rings. The van der Waals surface area contributed by atoms with Crippen molar-refractivity contribution < 1.29 is 0 Å². The minimum absolute atomic E-state index is 0.541. The van der Waals surface area contributed by atoms with Gasteiger partial charge < -0.3 is 5.32 Å². The number of para-hydroxylation sites is 2. The Morgan fingerprint density at radius 2 is 1.95 bits per heavy atom. The number of aromatic nitrogens is 1. The third-order valence-corrected chi connectivity index (χ3v) is 4.23. The van der Waals surface area contributed by atoms with Crippen molar-refractivity contribution in [3.05, 3.63) is 65.3 Å². The van der Waals surface area contributed by atoms with Gasteiger partial charge in [-0.1, -0.05) is 30.3 Å². The molecular formula is C17H13N3S. The van der Waals surface area contributed by atoms with Gasteiger partial charge >= 0.3 is 0 Å². The smallest absolute Gasteiger partial charge is 0.136 e. The lowest BCUT2D eigenvalue weighted by molar-refractivity contribution is 1.41.